The van der Waals surface area contributed by atoms with Crippen LogP contribution < -0.4 is 4.74 Å². The van der Waals surface area contributed by atoms with Gasteiger partial charge in [-0.25, -0.2) is 0 Å². The molecule has 0 fully saturated rings. The van der Waals surface area contributed by atoms with Gasteiger partial charge in [-0.2, -0.15) is 8.42 Å². The smallest absolute Gasteiger partial charge is 0.394 e. The minimum Gasteiger partial charge on any atom is -0.494 e. The van der Waals surface area contributed by atoms with Gasteiger partial charge in [0, 0.05) is 0 Å². The third-order valence-corrected chi connectivity index (χ3v) is 3.51. The number of benzene rings is 1. The van der Waals surface area contributed by atoms with Gasteiger partial charge in [0.2, 0.25) is 0 Å². The molecule has 24 heavy (non-hydrogen) atoms. The molecule has 0 heterocycles. The molecule has 0 aliphatic carbocycles. The van der Waals surface area contributed by atoms with Crippen molar-refractivity contribution in [2.45, 2.75) is 71.1 Å². The van der Waals surface area contributed by atoms with Gasteiger partial charge in [-0.15, -0.1) is 0 Å². The zero-order chi connectivity index (χ0) is 18.1. The summed E-state index contributed by atoms with van der Waals surface area (Å²) < 4.78 is 37.3. The van der Waals surface area contributed by atoms with E-state index in [1.165, 1.54) is 64.2 Å². The molecule has 6 heteroatoms. The molecule has 0 radical (unpaired) electrons. The van der Waals surface area contributed by atoms with Gasteiger partial charge in [0.25, 0.3) is 0 Å². The van der Waals surface area contributed by atoms with Crippen LogP contribution in [0.25, 0.3) is 0 Å². The van der Waals surface area contributed by atoms with Crippen molar-refractivity contribution in [1.82, 2.24) is 0 Å². The predicted octanol–water partition coefficient (Wildman–Crippen LogP) is 5.33. The van der Waals surface area contributed by atoms with Crippen LogP contribution in [-0.4, -0.2) is 24.1 Å². The lowest BCUT2D eigenvalue weighted by molar-refractivity contribution is 0.304. The molecule has 0 amide bonds. The molecule has 2 N–H and O–H groups in total. The first-order valence-electron chi connectivity index (χ1n) is 8.81. The van der Waals surface area contributed by atoms with Crippen LogP contribution in [0.5, 0.6) is 5.75 Å². The van der Waals surface area contributed by atoms with Crippen LogP contribution in [0, 0.1) is 0 Å². The second-order valence-electron chi connectivity index (χ2n) is 5.79. The number of ether oxygens (including phenoxy) is 1. The Hall–Kier alpha value is -1.11. The van der Waals surface area contributed by atoms with Crippen molar-refractivity contribution in [2.24, 2.45) is 0 Å². The topological polar surface area (TPSA) is 83.8 Å². The summed E-state index contributed by atoms with van der Waals surface area (Å²) in [5.41, 5.74) is 0. The summed E-state index contributed by atoms with van der Waals surface area (Å²) in [6.45, 7) is 3.14. The average Bonchev–Trinajstić information content (AvgIpc) is 2.52. The van der Waals surface area contributed by atoms with Gasteiger partial charge in [0.15, 0.2) is 0 Å². The fourth-order valence-electron chi connectivity index (χ4n) is 2.30. The minimum atomic E-state index is -4.67. The lowest BCUT2D eigenvalue weighted by Crippen LogP contribution is -1.96. The Morgan fingerprint density at radius 2 is 1.21 bits per heavy atom. The predicted molar refractivity (Wildman–Crippen MR) is 98.0 cm³/mol. The van der Waals surface area contributed by atoms with Crippen LogP contribution >= 0.6 is 0 Å². The van der Waals surface area contributed by atoms with Crippen LogP contribution in [0.3, 0.4) is 0 Å². The molecule has 1 aromatic carbocycles. The number of hydrogen-bond donors (Lipinski definition) is 2. The van der Waals surface area contributed by atoms with Gasteiger partial charge in [0.05, 0.1) is 6.61 Å². The van der Waals surface area contributed by atoms with E-state index in [0.29, 0.717) is 0 Å². The first kappa shape index (κ1) is 22.9. The molecule has 0 saturated carbocycles. The standard InChI is InChI=1S/C18H30O.H2O4S/c1-2-3-4-5-6-7-8-9-10-14-17-19-18-15-12-11-13-16-18;1-5(2,3)4/h11-13,15-16H,2-10,14,17H2,1H3;(H2,1,2,3,4). The molecular formula is C18H32O5S. The second kappa shape index (κ2) is 15.4. The Bertz CT molecular complexity index is 465. The van der Waals surface area contributed by atoms with E-state index in [4.69, 9.17) is 22.3 Å². The van der Waals surface area contributed by atoms with E-state index >= 15 is 0 Å². The molecule has 0 atom stereocenters. The first-order valence-corrected chi connectivity index (χ1v) is 10.2. The van der Waals surface area contributed by atoms with E-state index in [9.17, 15) is 0 Å². The number of unbranched alkanes of at least 4 members (excludes halogenated alkanes) is 9. The van der Waals surface area contributed by atoms with E-state index in [1.54, 1.807) is 0 Å². The zero-order valence-corrected chi connectivity index (χ0v) is 15.5. The van der Waals surface area contributed by atoms with Crippen LogP contribution in [-0.2, 0) is 10.4 Å². The van der Waals surface area contributed by atoms with Crippen LogP contribution in [0.4, 0.5) is 0 Å². The summed E-state index contributed by atoms with van der Waals surface area (Å²) in [6, 6.07) is 10.1. The van der Waals surface area contributed by atoms with Gasteiger partial charge in [-0.05, 0) is 18.6 Å². The Balaban J connectivity index is 0.000000922. The zero-order valence-electron chi connectivity index (χ0n) is 14.7. The molecule has 0 saturated heterocycles. The molecule has 0 aromatic heterocycles. The van der Waals surface area contributed by atoms with Crippen molar-refractivity contribution in [3.63, 3.8) is 0 Å². The molecule has 0 aliphatic rings. The van der Waals surface area contributed by atoms with Gasteiger partial charge >= 0.3 is 10.4 Å². The molecule has 5 nitrogen and oxygen atoms in total. The molecular weight excluding hydrogens is 328 g/mol. The van der Waals surface area contributed by atoms with E-state index in [1.807, 2.05) is 30.3 Å². The summed E-state index contributed by atoms with van der Waals surface area (Å²) in [5, 5.41) is 0. The summed E-state index contributed by atoms with van der Waals surface area (Å²) in [7, 11) is -4.67. The van der Waals surface area contributed by atoms with E-state index in [2.05, 4.69) is 6.92 Å². The lowest BCUT2D eigenvalue weighted by Gasteiger charge is -2.05. The molecule has 0 aliphatic heterocycles. The first-order chi connectivity index (χ1) is 11.4. The maximum Gasteiger partial charge on any atom is 0.394 e. The maximum absolute atomic E-state index is 8.74. The monoisotopic (exact) mass is 360 g/mol. The lowest BCUT2D eigenvalue weighted by atomic mass is 10.1. The molecule has 140 valence electrons. The second-order valence-corrected chi connectivity index (χ2v) is 6.69. The molecule has 0 bridgehead atoms. The molecule has 0 spiro atoms. The number of para-hydroxylation sites is 1. The highest BCUT2D eigenvalue weighted by molar-refractivity contribution is 7.79. The third kappa shape index (κ3) is 20.9. The maximum atomic E-state index is 8.74. The summed E-state index contributed by atoms with van der Waals surface area (Å²) >= 11 is 0. The van der Waals surface area contributed by atoms with Gasteiger partial charge in [-0.3, -0.25) is 9.11 Å². The fraction of sp³-hybridized carbons (Fsp3) is 0.667. The third-order valence-electron chi connectivity index (χ3n) is 3.51. The average molecular weight is 361 g/mol. The Kier molecular flexibility index (Phi) is 14.7. The van der Waals surface area contributed by atoms with Gasteiger partial charge in [-0.1, -0.05) is 82.9 Å². The highest BCUT2D eigenvalue weighted by Gasteiger charge is 1.94. The van der Waals surface area contributed by atoms with Crippen molar-refractivity contribution in [3.05, 3.63) is 30.3 Å². The number of hydrogen-bond acceptors (Lipinski definition) is 3. The van der Waals surface area contributed by atoms with E-state index < -0.39 is 10.4 Å². The summed E-state index contributed by atoms with van der Waals surface area (Å²) in [4.78, 5) is 0. The Morgan fingerprint density at radius 3 is 1.67 bits per heavy atom. The Morgan fingerprint density at radius 1 is 0.792 bits per heavy atom. The van der Waals surface area contributed by atoms with Crippen molar-refractivity contribution in [3.8, 4) is 5.75 Å². The van der Waals surface area contributed by atoms with Crippen LogP contribution in [0.1, 0.15) is 71.1 Å². The highest BCUT2D eigenvalue weighted by atomic mass is 32.3. The largest absolute Gasteiger partial charge is 0.494 e. The van der Waals surface area contributed by atoms with Crippen molar-refractivity contribution in [2.75, 3.05) is 6.61 Å². The normalized spacial score (nSPS) is 10.8. The summed E-state index contributed by atoms with van der Waals surface area (Å²) in [5.74, 6) is 0.999. The van der Waals surface area contributed by atoms with Gasteiger partial charge in [0.1, 0.15) is 5.75 Å². The van der Waals surface area contributed by atoms with Crippen molar-refractivity contribution >= 4 is 10.4 Å². The molecule has 1 aromatic rings. The minimum absolute atomic E-state index is 0.862. The van der Waals surface area contributed by atoms with Crippen molar-refractivity contribution in [1.29, 1.82) is 0 Å². The van der Waals surface area contributed by atoms with E-state index in [-0.39, 0.29) is 0 Å². The van der Waals surface area contributed by atoms with Crippen LogP contribution in [0.2, 0.25) is 0 Å². The Labute approximate surface area is 147 Å². The SMILES string of the molecule is CCCCCCCCCCCCOc1ccccc1.O=S(=O)(O)O. The quantitative estimate of drug-likeness (QED) is 0.388. The van der Waals surface area contributed by atoms with Crippen molar-refractivity contribution < 1.29 is 22.3 Å². The van der Waals surface area contributed by atoms with E-state index in [0.717, 1.165) is 12.4 Å². The molecule has 0 unspecified atom stereocenters. The molecule has 1 rings (SSSR count). The van der Waals surface area contributed by atoms with Crippen LogP contribution in [0.15, 0.2) is 30.3 Å². The fourth-order valence-corrected chi connectivity index (χ4v) is 2.30. The summed E-state index contributed by atoms with van der Waals surface area (Å²) in [6.07, 6.45) is 13.7. The highest BCUT2D eigenvalue weighted by Crippen LogP contribution is 2.12. The number of rotatable bonds is 12. The van der Waals surface area contributed by atoms with Gasteiger partial charge < -0.3 is 4.74 Å².